The number of esters is 1. The van der Waals surface area contributed by atoms with Crippen LogP contribution in [0.15, 0.2) is 24.4 Å². The lowest BCUT2D eigenvalue weighted by molar-refractivity contribution is -0.153. The minimum absolute atomic E-state index is 0.0175. The zero-order valence-corrected chi connectivity index (χ0v) is 15.3. The molecule has 6 heteroatoms. The molecule has 1 aliphatic rings. The van der Waals surface area contributed by atoms with E-state index in [4.69, 9.17) is 14.2 Å². The van der Waals surface area contributed by atoms with Gasteiger partial charge in [0.05, 0.1) is 26.5 Å². The van der Waals surface area contributed by atoms with Crippen LogP contribution in [0.25, 0.3) is 10.8 Å². The van der Waals surface area contributed by atoms with Crippen molar-refractivity contribution in [3.63, 3.8) is 0 Å². The number of carbonyl (C=O) groups excluding carboxylic acids is 2. The Morgan fingerprint density at radius 1 is 1.23 bits per heavy atom. The highest BCUT2D eigenvalue weighted by atomic mass is 16.5. The van der Waals surface area contributed by atoms with Gasteiger partial charge in [-0.05, 0) is 43.4 Å². The Hall–Kier alpha value is -2.63. The Morgan fingerprint density at radius 2 is 1.96 bits per heavy atom. The molecular weight excluding hydrogens is 334 g/mol. The van der Waals surface area contributed by atoms with Gasteiger partial charge in [0.25, 0.3) is 0 Å². The molecule has 2 atom stereocenters. The Kier molecular flexibility index (Phi) is 5.40. The number of Topliss-reactive ketones (excluding diaryl/α,β-unsaturated/α-hetero) is 1. The Morgan fingerprint density at radius 3 is 2.65 bits per heavy atom. The minimum Gasteiger partial charge on any atom is -0.493 e. The monoisotopic (exact) mass is 357 g/mol. The van der Waals surface area contributed by atoms with Crippen molar-refractivity contribution in [2.75, 3.05) is 20.8 Å². The van der Waals surface area contributed by atoms with Crippen LogP contribution >= 0.6 is 0 Å². The molecule has 1 aliphatic carbocycles. The van der Waals surface area contributed by atoms with Crippen LogP contribution in [0.1, 0.15) is 37.8 Å². The SMILES string of the molecule is CCOC(=O)C1CC(c2nccc3cc(OC)c(OC)cc23)CCC1=O. The van der Waals surface area contributed by atoms with E-state index in [1.807, 2.05) is 18.2 Å². The summed E-state index contributed by atoms with van der Waals surface area (Å²) in [5, 5.41) is 1.93. The fourth-order valence-corrected chi connectivity index (χ4v) is 3.59. The molecule has 0 bridgehead atoms. The molecule has 1 fully saturated rings. The van der Waals surface area contributed by atoms with Crippen molar-refractivity contribution in [3.8, 4) is 11.5 Å². The smallest absolute Gasteiger partial charge is 0.316 e. The lowest BCUT2D eigenvalue weighted by Gasteiger charge is -2.27. The maximum atomic E-state index is 12.2. The molecule has 0 radical (unpaired) electrons. The average Bonchev–Trinajstić information content (AvgIpc) is 2.66. The van der Waals surface area contributed by atoms with Gasteiger partial charge in [-0.3, -0.25) is 14.6 Å². The maximum Gasteiger partial charge on any atom is 0.316 e. The van der Waals surface area contributed by atoms with Crippen molar-refractivity contribution in [2.45, 2.75) is 32.1 Å². The number of fused-ring (bicyclic) bond motifs is 1. The van der Waals surface area contributed by atoms with Crippen LogP contribution in [0.4, 0.5) is 0 Å². The highest BCUT2D eigenvalue weighted by molar-refractivity contribution is 6.00. The molecule has 0 amide bonds. The zero-order valence-electron chi connectivity index (χ0n) is 15.3. The first-order valence-corrected chi connectivity index (χ1v) is 8.79. The predicted octanol–water partition coefficient (Wildman–Crippen LogP) is 3.27. The normalized spacial score (nSPS) is 20.0. The van der Waals surface area contributed by atoms with Gasteiger partial charge in [-0.15, -0.1) is 0 Å². The van der Waals surface area contributed by atoms with Crippen LogP contribution in [0, 0.1) is 5.92 Å². The second kappa shape index (κ2) is 7.72. The van der Waals surface area contributed by atoms with E-state index in [9.17, 15) is 9.59 Å². The fraction of sp³-hybridized carbons (Fsp3) is 0.450. The number of rotatable bonds is 5. The van der Waals surface area contributed by atoms with Crippen LogP contribution in [0.2, 0.25) is 0 Å². The van der Waals surface area contributed by atoms with Gasteiger partial charge in [-0.25, -0.2) is 0 Å². The first kappa shape index (κ1) is 18.2. The third-order valence-corrected chi connectivity index (χ3v) is 4.91. The average molecular weight is 357 g/mol. The number of pyridine rings is 1. The van der Waals surface area contributed by atoms with Crippen molar-refractivity contribution in [1.29, 1.82) is 0 Å². The van der Waals surface area contributed by atoms with Crippen LogP contribution in [0.5, 0.6) is 11.5 Å². The minimum atomic E-state index is -0.703. The summed E-state index contributed by atoms with van der Waals surface area (Å²) in [6.07, 6.45) is 3.21. The van der Waals surface area contributed by atoms with E-state index < -0.39 is 11.9 Å². The largest absolute Gasteiger partial charge is 0.493 e. The van der Waals surface area contributed by atoms with E-state index in [-0.39, 0.29) is 18.3 Å². The van der Waals surface area contributed by atoms with Gasteiger partial charge in [0, 0.05) is 23.9 Å². The standard InChI is InChI=1S/C20H23NO5/c1-4-26-20(23)15-9-13(5-6-16(15)22)19-14-11-18(25-3)17(24-2)10-12(14)7-8-21-19/h7-8,10-11,13,15H,4-6,9H2,1-3H3. The molecule has 1 aromatic carbocycles. The van der Waals surface area contributed by atoms with Gasteiger partial charge < -0.3 is 14.2 Å². The summed E-state index contributed by atoms with van der Waals surface area (Å²) in [6.45, 7) is 2.02. The molecule has 0 aliphatic heterocycles. The molecule has 1 saturated carbocycles. The van der Waals surface area contributed by atoms with Gasteiger partial charge in [0.15, 0.2) is 11.5 Å². The van der Waals surface area contributed by atoms with Gasteiger partial charge in [0.1, 0.15) is 11.7 Å². The predicted molar refractivity (Wildman–Crippen MR) is 96.6 cm³/mol. The summed E-state index contributed by atoms with van der Waals surface area (Å²) >= 11 is 0. The maximum absolute atomic E-state index is 12.2. The topological polar surface area (TPSA) is 74.7 Å². The number of ketones is 1. The van der Waals surface area contributed by atoms with Crippen LogP contribution in [-0.4, -0.2) is 37.6 Å². The van der Waals surface area contributed by atoms with E-state index in [1.54, 1.807) is 27.3 Å². The molecule has 0 N–H and O–H groups in total. The molecule has 6 nitrogen and oxygen atoms in total. The van der Waals surface area contributed by atoms with Crippen LogP contribution < -0.4 is 9.47 Å². The van der Waals surface area contributed by atoms with E-state index in [0.717, 1.165) is 16.5 Å². The molecule has 2 unspecified atom stereocenters. The molecule has 26 heavy (non-hydrogen) atoms. The Balaban J connectivity index is 1.99. The van der Waals surface area contributed by atoms with E-state index >= 15 is 0 Å². The van der Waals surface area contributed by atoms with Gasteiger partial charge >= 0.3 is 5.97 Å². The molecule has 2 aromatic rings. The zero-order chi connectivity index (χ0) is 18.7. The number of nitrogens with zero attached hydrogens (tertiary/aromatic N) is 1. The molecular formula is C20H23NO5. The number of aromatic nitrogens is 1. The summed E-state index contributed by atoms with van der Waals surface area (Å²) in [4.78, 5) is 28.9. The fourth-order valence-electron chi connectivity index (χ4n) is 3.59. The summed E-state index contributed by atoms with van der Waals surface area (Å²) < 4.78 is 15.9. The first-order chi connectivity index (χ1) is 12.6. The summed E-state index contributed by atoms with van der Waals surface area (Å²) in [5.41, 5.74) is 0.880. The van der Waals surface area contributed by atoms with E-state index in [0.29, 0.717) is 30.8 Å². The number of hydrogen-bond acceptors (Lipinski definition) is 6. The second-order valence-electron chi connectivity index (χ2n) is 6.37. The molecule has 138 valence electrons. The number of carbonyl (C=O) groups is 2. The molecule has 1 aromatic heterocycles. The summed E-state index contributed by atoms with van der Waals surface area (Å²) in [5.74, 6) is 0.124. The van der Waals surface area contributed by atoms with Gasteiger partial charge in [-0.2, -0.15) is 0 Å². The molecule has 1 heterocycles. The van der Waals surface area contributed by atoms with Gasteiger partial charge in [0.2, 0.25) is 0 Å². The van der Waals surface area contributed by atoms with Crippen molar-refractivity contribution in [3.05, 3.63) is 30.1 Å². The number of benzene rings is 1. The Labute approximate surface area is 152 Å². The van der Waals surface area contributed by atoms with Crippen molar-refractivity contribution >= 4 is 22.5 Å². The highest BCUT2D eigenvalue weighted by Gasteiger charge is 2.36. The summed E-state index contributed by atoms with van der Waals surface area (Å²) in [7, 11) is 3.19. The summed E-state index contributed by atoms with van der Waals surface area (Å²) in [6, 6.07) is 5.74. The number of ether oxygens (including phenoxy) is 3. The third kappa shape index (κ3) is 3.36. The lowest BCUT2D eigenvalue weighted by atomic mass is 9.78. The van der Waals surface area contributed by atoms with Crippen molar-refractivity contribution in [2.24, 2.45) is 5.92 Å². The van der Waals surface area contributed by atoms with Crippen LogP contribution in [-0.2, 0) is 14.3 Å². The third-order valence-electron chi connectivity index (χ3n) is 4.91. The molecule has 3 rings (SSSR count). The number of hydrogen-bond donors (Lipinski definition) is 0. The van der Waals surface area contributed by atoms with E-state index in [1.165, 1.54) is 0 Å². The van der Waals surface area contributed by atoms with E-state index in [2.05, 4.69) is 4.98 Å². The number of methoxy groups -OCH3 is 2. The van der Waals surface area contributed by atoms with Crippen molar-refractivity contribution in [1.82, 2.24) is 4.98 Å². The highest BCUT2D eigenvalue weighted by Crippen LogP contribution is 2.40. The molecule has 0 spiro atoms. The molecule has 0 saturated heterocycles. The quantitative estimate of drug-likeness (QED) is 0.604. The van der Waals surface area contributed by atoms with Gasteiger partial charge in [-0.1, -0.05) is 0 Å². The Bertz CT molecular complexity index is 832. The van der Waals surface area contributed by atoms with Crippen LogP contribution in [0.3, 0.4) is 0 Å². The lowest BCUT2D eigenvalue weighted by Crippen LogP contribution is -2.32. The first-order valence-electron chi connectivity index (χ1n) is 8.79. The second-order valence-corrected chi connectivity index (χ2v) is 6.37. The van der Waals surface area contributed by atoms with Crippen molar-refractivity contribution < 1.29 is 23.8 Å².